The molecular weight excluding hydrogens is 753 g/mol. The highest BCUT2D eigenvalue weighted by molar-refractivity contribution is 7.86. The molecule has 7 aromatic rings. The summed E-state index contributed by atoms with van der Waals surface area (Å²) in [5.74, 6) is 0.246. The van der Waals surface area contributed by atoms with Gasteiger partial charge >= 0.3 is 0 Å². The third-order valence-electron chi connectivity index (χ3n) is 9.42. The van der Waals surface area contributed by atoms with Gasteiger partial charge in [-0.1, -0.05) is 103 Å². The fourth-order valence-electron chi connectivity index (χ4n) is 6.76. The summed E-state index contributed by atoms with van der Waals surface area (Å²) in [7, 11) is -5.21. The SMILES string of the molecule is CN1CCc2c(c3ccccc3n2Cc2ccccc2)C1.COc1ccc(C(=O)c2ccccc2)c(O)c1.O=S(=O)(O)c1cccc2c(S(=O)(=O)O)cccc12. The van der Waals surface area contributed by atoms with Gasteiger partial charge in [0, 0.05) is 65.1 Å². The van der Waals surface area contributed by atoms with Gasteiger partial charge in [0.1, 0.15) is 21.3 Å². The number of aromatic nitrogens is 1. The quantitative estimate of drug-likeness (QED) is 0.108. The van der Waals surface area contributed by atoms with Crippen molar-refractivity contribution >= 4 is 47.7 Å². The van der Waals surface area contributed by atoms with Crippen LogP contribution in [0.2, 0.25) is 0 Å². The Morgan fingerprint density at radius 3 is 1.82 bits per heavy atom. The van der Waals surface area contributed by atoms with Gasteiger partial charge < -0.3 is 19.3 Å². The van der Waals surface area contributed by atoms with Crippen molar-refractivity contribution in [3.63, 3.8) is 0 Å². The maximum atomic E-state index is 12.1. The highest BCUT2D eigenvalue weighted by Gasteiger charge is 2.22. The number of phenols is 1. The molecule has 11 nitrogen and oxygen atoms in total. The first-order valence-electron chi connectivity index (χ1n) is 17.5. The number of ketones is 1. The molecule has 1 aliphatic rings. The summed E-state index contributed by atoms with van der Waals surface area (Å²) in [6, 6.07) is 40.6. The fraction of sp³-hybridized carbons (Fsp3) is 0.140. The lowest BCUT2D eigenvalue weighted by Gasteiger charge is -2.24. The molecule has 6 aromatic carbocycles. The summed E-state index contributed by atoms with van der Waals surface area (Å²) < 4.78 is 70.2. The van der Waals surface area contributed by atoms with E-state index in [9.17, 15) is 26.7 Å². The van der Waals surface area contributed by atoms with E-state index < -0.39 is 30.0 Å². The molecular formula is C43H40N2O9S2. The lowest BCUT2D eigenvalue weighted by Crippen LogP contribution is -2.27. The Labute approximate surface area is 325 Å². The largest absolute Gasteiger partial charge is 0.507 e. The minimum absolute atomic E-state index is 0.0233. The van der Waals surface area contributed by atoms with E-state index in [2.05, 4.69) is 71.1 Å². The average molecular weight is 793 g/mol. The summed E-state index contributed by atoms with van der Waals surface area (Å²) in [4.78, 5) is 13.7. The molecule has 0 radical (unpaired) electrons. The molecule has 8 rings (SSSR count). The van der Waals surface area contributed by atoms with Gasteiger partial charge in [-0.3, -0.25) is 13.9 Å². The Bertz CT molecular complexity index is 2660. The van der Waals surface area contributed by atoms with Crippen LogP contribution in [-0.2, 0) is 39.7 Å². The third kappa shape index (κ3) is 8.99. The first-order valence-corrected chi connectivity index (χ1v) is 20.4. The van der Waals surface area contributed by atoms with Crippen molar-refractivity contribution in [2.75, 3.05) is 20.7 Å². The summed E-state index contributed by atoms with van der Waals surface area (Å²) in [6.45, 7) is 3.19. The zero-order valence-corrected chi connectivity index (χ0v) is 32.2. The van der Waals surface area contributed by atoms with Gasteiger partial charge in [-0.05, 0) is 48.5 Å². The Kier molecular flexibility index (Phi) is 12.0. The summed E-state index contributed by atoms with van der Waals surface area (Å²) in [5, 5.41) is 11.2. The molecule has 0 amide bonds. The van der Waals surface area contributed by atoms with Crippen LogP contribution in [0.4, 0.5) is 0 Å². The van der Waals surface area contributed by atoms with Gasteiger partial charge in [0.05, 0.1) is 12.7 Å². The van der Waals surface area contributed by atoms with Crippen molar-refractivity contribution in [1.82, 2.24) is 9.47 Å². The number of phenolic OH excluding ortho intramolecular Hbond substituents is 1. The smallest absolute Gasteiger partial charge is 0.295 e. The van der Waals surface area contributed by atoms with Crippen LogP contribution in [-0.4, -0.2) is 67.0 Å². The van der Waals surface area contributed by atoms with Gasteiger partial charge in [-0.2, -0.15) is 16.8 Å². The Morgan fingerprint density at radius 1 is 0.696 bits per heavy atom. The lowest BCUT2D eigenvalue weighted by atomic mass is 10.0. The average Bonchev–Trinajstić information content (AvgIpc) is 3.49. The van der Waals surface area contributed by atoms with E-state index in [1.165, 1.54) is 65.2 Å². The zero-order valence-electron chi connectivity index (χ0n) is 30.6. The Balaban J connectivity index is 0.000000144. The van der Waals surface area contributed by atoms with Gasteiger partial charge in [-0.15, -0.1) is 0 Å². The molecule has 0 saturated carbocycles. The van der Waals surface area contributed by atoms with Crippen molar-refractivity contribution in [1.29, 1.82) is 0 Å². The van der Waals surface area contributed by atoms with Crippen molar-refractivity contribution in [2.24, 2.45) is 0 Å². The number of carbonyl (C=O) groups excluding carboxylic acids is 1. The van der Waals surface area contributed by atoms with Crippen molar-refractivity contribution < 1.29 is 40.6 Å². The van der Waals surface area contributed by atoms with E-state index in [1.54, 1.807) is 36.4 Å². The second kappa shape index (κ2) is 16.9. The molecule has 2 heterocycles. The van der Waals surface area contributed by atoms with Crippen LogP contribution in [0.3, 0.4) is 0 Å². The van der Waals surface area contributed by atoms with Crippen LogP contribution in [0.15, 0.2) is 149 Å². The van der Waals surface area contributed by atoms with E-state index in [0.29, 0.717) is 11.3 Å². The molecule has 288 valence electrons. The first-order chi connectivity index (χ1) is 26.8. The molecule has 0 atom stereocenters. The molecule has 0 saturated heterocycles. The van der Waals surface area contributed by atoms with E-state index in [1.807, 2.05) is 6.07 Å². The van der Waals surface area contributed by atoms with Gasteiger partial charge in [0.25, 0.3) is 20.2 Å². The molecule has 0 bridgehead atoms. The molecule has 0 unspecified atom stereocenters. The fourth-order valence-corrected chi connectivity index (χ4v) is 8.17. The van der Waals surface area contributed by atoms with E-state index in [4.69, 9.17) is 13.8 Å². The number of aromatic hydroxyl groups is 1. The zero-order chi connectivity index (χ0) is 40.0. The first kappa shape index (κ1) is 39.9. The molecule has 13 heteroatoms. The second-order valence-electron chi connectivity index (χ2n) is 13.1. The number of likely N-dealkylation sites (N-methyl/N-ethyl adjacent to an activating group) is 1. The van der Waals surface area contributed by atoms with E-state index >= 15 is 0 Å². The van der Waals surface area contributed by atoms with E-state index in [-0.39, 0.29) is 27.9 Å². The molecule has 3 N–H and O–H groups in total. The molecule has 1 aliphatic heterocycles. The summed E-state index contributed by atoms with van der Waals surface area (Å²) in [6.07, 6.45) is 1.15. The third-order valence-corrected chi connectivity index (χ3v) is 11.2. The number of methoxy groups -OCH3 is 1. The van der Waals surface area contributed by atoms with Gasteiger partial charge in [0.2, 0.25) is 0 Å². The normalized spacial score (nSPS) is 12.9. The molecule has 0 fully saturated rings. The van der Waals surface area contributed by atoms with Gasteiger partial charge in [-0.25, -0.2) is 0 Å². The van der Waals surface area contributed by atoms with Crippen LogP contribution in [0.25, 0.3) is 21.7 Å². The van der Waals surface area contributed by atoms with Gasteiger partial charge in [0.15, 0.2) is 5.78 Å². The molecule has 0 spiro atoms. The topological polar surface area (TPSA) is 163 Å². The number of hydrogen-bond acceptors (Lipinski definition) is 8. The Hall–Kier alpha value is -5.83. The minimum atomic E-state index is -4.47. The Morgan fingerprint density at radius 2 is 1.25 bits per heavy atom. The molecule has 56 heavy (non-hydrogen) atoms. The monoisotopic (exact) mass is 792 g/mol. The number of rotatable bonds is 7. The van der Waals surface area contributed by atoms with Crippen LogP contribution in [0.5, 0.6) is 11.5 Å². The van der Waals surface area contributed by atoms with Crippen LogP contribution < -0.4 is 4.74 Å². The summed E-state index contributed by atoms with van der Waals surface area (Å²) >= 11 is 0. The lowest BCUT2D eigenvalue weighted by molar-refractivity contribution is 0.103. The number of hydrogen-bond donors (Lipinski definition) is 3. The number of ether oxygens (including phenoxy) is 1. The highest BCUT2D eigenvalue weighted by Crippen LogP contribution is 2.32. The van der Waals surface area contributed by atoms with Crippen LogP contribution >= 0.6 is 0 Å². The number of nitrogens with zero attached hydrogens (tertiary/aromatic N) is 2. The van der Waals surface area contributed by atoms with Crippen molar-refractivity contribution in [3.05, 3.63) is 167 Å². The van der Waals surface area contributed by atoms with E-state index in [0.717, 1.165) is 38.2 Å². The van der Waals surface area contributed by atoms with Crippen LogP contribution in [0.1, 0.15) is 32.7 Å². The van der Waals surface area contributed by atoms with Crippen molar-refractivity contribution in [3.8, 4) is 11.5 Å². The maximum absolute atomic E-state index is 12.1. The second-order valence-corrected chi connectivity index (χ2v) is 15.9. The number of fused-ring (bicyclic) bond motifs is 4. The minimum Gasteiger partial charge on any atom is -0.507 e. The number of carbonyl (C=O) groups is 1. The number of benzene rings is 6. The van der Waals surface area contributed by atoms with Crippen molar-refractivity contribution in [2.45, 2.75) is 29.3 Å². The summed E-state index contributed by atoms with van der Waals surface area (Å²) in [5.41, 5.74) is 6.63. The molecule has 1 aromatic heterocycles. The maximum Gasteiger partial charge on any atom is 0.295 e. The highest BCUT2D eigenvalue weighted by atomic mass is 32.2. The number of para-hydroxylation sites is 1. The predicted octanol–water partition coefficient (Wildman–Crippen LogP) is 7.64. The molecule has 0 aliphatic carbocycles. The van der Waals surface area contributed by atoms with Crippen LogP contribution in [0, 0.1) is 0 Å². The predicted molar refractivity (Wildman–Crippen MR) is 216 cm³/mol. The standard InChI is InChI=1S/C19H20N2.C14H12O3.C10H8O6S2/c1-20-12-11-19-17(14-20)16-9-5-6-10-18(16)21(19)13-15-7-3-2-4-8-15;1-17-11-7-8-12(13(15)9-11)14(16)10-5-3-2-4-6-10;11-17(12,13)9-5-1-3-7-8(9)4-2-6-10(7)18(14,15)16/h2-10H,11-14H2,1H3;2-9,15H,1H3;1-6H,(H,11,12,13)(H,14,15,16).